The number of halogens is 2. The van der Waals surface area contributed by atoms with E-state index in [9.17, 15) is 0 Å². The van der Waals surface area contributed by atoms with E-state index >= 15 is 0 Å². The van der Waals surface area contributed by atoms with Crippen LogP contribution in [-0.2, 0) is 0 Å². The Morgan fingerprint density at radius 1 is 1.56 bits per heavy atom. The minimum Gasteiger partial charge on any atom is -0.309 e. The van der Waals surface area contributed by atoms with Crippen molar-refractivity contribution in [3.05, 3.63) is 19.8 Å². The molecule has 1 aliphatic carbocycles. The molecule has 16 heavy (non-hydrogen) atoms. The third-order valence-corrected chi connectivity index (χ3v) is 5.82. The average molecular weight is 323 g/mol. The molecule has 4 heteroatoms. The van der Waals surface area contributed by atoms with Crippen molar-refractivity contribution in [2.24, 2.45) is 5.92 Å². The zero-order valence-corrected chi connectivity index (χ0v) is 12.6. The molecule has 1 unspecified atom stereocenters. The van der Waals surface area contributed by atoms with Gasteiger partial charge in [-0.15, -0.1) is 11.3 Å². The monoisotopic (exact) mass is 321 g/mol. The fraction of sp³-hybridized carbons (Fsp3) is 0.667. The summed E-state index contributed by atoms with van der Waals surface area (Å²) >= 11 is 11.3. The van der Waals surface area contributed by atoms with Crippen LogP contribution in [0.1, 0.15) is 43.5 Å². The molecule has 1 saturated carbocycles. The number of nitrogens with one attached hydrogen (secondary N) is 1. The van der Waals surface area contributed by atoms with Gasteiger partial charge in [-0.25, -0.2) is 0 Å². The summed E-state index contributed by atoms with van der Waals surface area (Å²) in [5.41, 5.74) is 0. The van der Waals surface area contributed by atoms with Gasteiger partial charge in [0, 0.05) is 15.4 Å². The van der Waals surface area contributed by atoms with E-state index in [0.717, 1.165) is 21.3 Å². The molecule has 1 aromatic rings. The molecule has 1 aliphatic rings. The van der Waals surface area contributed by atoms with Gasteiger partial charge in [0.15, 0.2) is 0 Å². The maximum atomic E-state index is 6.12. The van der Waals surface area contributed by atoms with Crippen molar-refractivity contribution in [3.63, 3.8) is 0 Å². The first-order valence-corrected chi connectivity index (χ1v) is 7.89. The fourth-order valence-corrected chi connectivity index (χ4v) is 4.43. The van der Waals surface area contributed by atoms with Gasteiger partial charge >= 0.3 is 0 Å². The molecule has 2 rings (SSSR count). The Morgan fingerprint density at radius 2 is 2.25 bits per heavy atom. The van der Waals surface area contributed by atoms with E-state index < -0.39 is 0 Å². The third kappa shape index (κ3) is 2.81. The van der Waals surface area contributed by atoms with Crippen LogP contribution in [0.5, 0.6) is 0 Å². The highest BCUT2D eigenvalue weighted by atomic mass is 79.9. The lowest BCUT2D eigenvalue weighted by Gasteiger charge is -2.23. The van der Waals surface area contributed by atoms with Crippen molar-refractivity contribution >= 4 is 38.9 Å². The predicted molar refractivity (Wildman–Crippen MR) is 75.4 cm³/mol. The molecule has 1 heterocycles. The van der Waals surface area contributed by atoms with Crippen LogP contribution in [0.3, 0.4) is 0 Å². The van der Waals surface area contributed by atoms with Gasteiger partial charge in [0.25, 0.3) is 0 Å². The zero-order valence-electron chi connectivity index (χ0n) is 9.43. The van der Waals surface area contributed by atoms with Crippen molar-refractivity contribution < 1.29 is 0 Å². The summed E-state index contributed by atoms with van der Waals surface area (Å²) in [5.74, 6) is 0.793. The first-order chi connectivity index (χ1) is 7.72. The zero-order chi connectivity index (χ0) is 11.5. The summed E-state index contributed by atoms with van der Waals surface area (Å²) in [6.45, 7) is 3.19. The lowest BCUT2D eigenvalue weighted by molar-refractivity contribution is 0.379. The number of hydrogen-bond acceptors (Lipinski definition) is 2. The molecule has 1 fully saturated rings. The topological polar surface area (TPSA) is 12.0 Å². The summed E-state index contributed by atoms with van der Waals surface area (Å²) in [5, 5.41) is 3.61. The van der Waals surface area contributed by atoms with E-state index in [1.54, 1.807) is 11.3 Å². The van der Waals surface area contributed by atoms with Crippen LogP contribution in [0, 0.1) is 5.92 Å². The smallest absolute Gasteiger partial charge is 0.107 e. The summed E-state index contributed by atoms with van der Waals surface area (Å²) < 4.78 is 1.91. The Kier molecular flexibility index (Phi) is 4.71. The average Bonchev–Trinajstić information content (AvgIpc) is 2.86. The molecule has 1 nitrogen and oxygen atoms in total. The van der Waals surface area contributed by atoms with E-state index in [-0.39, 0.29) is 0 Å². The number of thiophene rings is 1. The Balaban J connectivity index is 2.17. The maximum absolute atomic E-state index is 6.12. The standard InChI is InChI=1S/C12H17BrClNS/c1-2-15-11(8-5-3-4-6-8)10-7-9(13)12(14)16-10/h7-8,11,15H,2-6H2,1H3. The predicted octanol–water partition coefficient (Wildman–Crippen LogP) is 5.00. The molecule has 1 N–H and O–H groups in total. The fourth-order valence-electron chi connectivity index (χ4n) is 2.53. The molecule has 1 atom stereocenters. The molecule has 0 aromatic carbocycles. The minimum absolute atomic E-state index is 0.501. The van der Waals surface area contributed by atoms with Gasteiger partial charge in [0.1, 0.15) is 4.34 Å². The first kappa shape index (κ1) is 12.9. The second kappa shape index (κ2) is 5.85. The van der Waals surface area contributed by atoms with Crippen LogP contribution < -0.4 is 5.32 Å². The molecular formula is C12H17BrClNS. The SMILES string of the molecule is CCNC(c1cc(Br)c(Cl)s1)C1CCCC1. The van der Waals surface area contributed by atoms with Crippen LogP contribution in [0.4, 0.5) is 0 Å². The molecule has 0 amide bonds. The van der Waals surface area contributed by atoms with Crippen molar-refractivity contribution in [3.8, 4) is 0 Å². The van der Waals surface area contributed by atoms with E-state index in [4.69, 9.17) is 11.6 Å². The van der Waals surface area contributed by atoms with Gasteiger partial charge in [-0.1, -0.05) is 31.4 Å². The van der Waals surface area contributed by atoms with E-state index in [2.05, 4.69) is 34.2 Å². The molecule has 0 aliphatic heterocycles. The van der Waals surface area contributed by atoms with Crippen molar-refractivity contribution in [1.29, 1.82) is 0 Å². The van der Waals surface area contributed by atoms with Gasteiger partial charge in [-0.2, -0.15) is 0 Å². The summed E-state index contributed by atoms with van der Waals surface area (Å²) in [6, 6.07) is 2.68. The lowest BCUT2D eigenvalue weighted by Crippen LogP contribution is -2.26. The summed E-state index contributed by atoms with van der Waals surface area (Å²) in [6.07, 6.45) is 5.47. The highest BCUT2D eigenvalue weighted by Crippen LogP contribution is 2.41. The van der Waals surface area contributed by atoms with Crippen LogP contribution in [0.2, 0.25) is 4.34 Å². The van der Waals surface area contributed by atoms with Gasteiger partial charge < -0.3 is 5.32 Å². The summed E-state index contributed by atoms with van der Waals surface area (Å²) in [7, 11) is 0. The number of hydrogen-bond donors (Lipinski definition) is 1. The van der Waals surface area contributed by atoms with E-state index in [0.29, 0.717) is 6.04 Å². The molecule has 0 spiro atoms. The largest absolute Gasteiger partial charge is 0.309 e. The van der Waals surface area contributed by atoms with Crippen molar-refractivity contribution in [1.82, 2.24) is 5.32 Å². The Hall–Kier alpha value is 0.430. The van der Waals surface area contributed by atoms with Crippen LogP contribution >= 0.6 is 38.9 Å². The van der Waals surface area contributed by atoms with Gasteiger partial charge in [-0.05, 0) is 47.3 Å². The van der Waals surface area contributed by atoms with Crippen molar-refractivity contribution in [2.75, 3.05) is 6.54 Å². The van der Waals surface area contributed by atoms with Gasteiger partial charge in [-0.3, -0.25) is 0 Å². The quantitative estimate of drug-likeness (QED) is 0.822. The lowest BCUT2D eigenvalue weighted by atomic mass is 9.97. The molecule has 0 bridgehead atoms. The molecule has 0 saturated heterocycles. The Bertz CT molecular complexity index is 327. The van der Waals surface area contributed by atoms with Crippen LogP contribution in [0.25, 0.3) is 0 Å². The second-order valence-electron chi connectivity index (χ2n) is 4.35. The minimum atomic E-state index is 0.501. The molecule has 0 radical (unpaired) electrons. The first-order valence-electron chi connectivity index (χ1n) is 5.90. The summed E-state index contributed by atoms with van der Waals surface area (Å²) in [4.78, 5) is 1.38. The normalized spacial score (nSPS) is 19.2. The van der Waals surface area contributed by atoms with Crippen LogP contribution in [0.15, 0.2) is 10.5 Å². The highest BCUT2D eigenvalue weighted by molar-refractivity contribution is 9.10. The third-order valence-electron chi connectivity index (χ3n) is 3.27. The molecule has 90 valence electrons. The van der Waals surface area contributed by atoms with E-state index in [1.165, 1.54) is 30.6 Å². The van der Waals surface area contributed by atoms with Gasteiger partial charge in [0.2, 0.25) is 0 Å². The second-order valence-corrected chi connectivity index (χ2v) is 6.89. The van der Waals surface area contributed by atoms with Crippen molar-refractivity contribution in [2.45, 2.75) is 38.6 Å². The van der Waals surface area contributed by atoms with Gasteiger partial charge in [0.05, 0.1) is 0 Å². The molecule has 1 aromatic heterocycles. The number of rotatable bonds is 4. The highest BCUT2D eigenvalue weighted by Gasteiger charge is 2.27. The van der Waals surface area contributed by atoms with Crippen LogP contribution in [-0.4, -0.2) is 6.54 Å². The Morgan fingerprint density at radius 3 is 2.75 bits per heavy atom. The molecular weight excluding hydrogens is 306 g/mol. The maximum Gasteiger partial charge on any atom is 0.107 e. The Labute approximate surface area is 115 Å². The van der Waals surface area contributed by atoms with E-state index in [1.807, 2.05) is 0 Å².